The number of aromatic nitrogens is 3. The normalized spacial score (nSPS) is 18.2. The number of fused-ring (bicyclic) bond motifs is 1. The summed E-state index contributed by atoms with van der Waals surface area (Å²) in [5.41, 5.74) is 0.581. The lowest BCUT2D eigenvalue weighted by Gasteiger charge is -2.31. The van der Waals surface area contributed by atoms with E-state index in [4.69, 9.17) is 17.0 Å². The Kier molecular flexibility index (Phi) is 7.27. The van der Waals surface area contributed by atoms with Gasteiger partial charge in [0.05, 0.1) is 24.1 Å². The summed E-state index contributed by atoms with van der Waals surface area (Å²) in [6.07, 6.45) is 3.25. The molecule has 1 aliphatic rings. The van der Waals surface area contributed by atoms with Gasteiger partial charge >= 0.3 is 5.97 Å². The van der Waals surface area contributed by atoms with Crippen molar-refractivity contribution in [2.45, 2.75) is 45.2 Å². The monoisotopic (exact) mass is 455 g/mol. The fraction of sp³-hybridized carbons (Fsp3) is 0.632. The number of carbonyl (C=O) groups is 1. The molecule has 1 atom stereocenters. The zero-order valence-corrected chi connectivity index (χ0v) is 19.3. The van der Waals surface area contributed by atoms with Crippen molar-refractivity contribution < 1.29 is 17.9 Å². The van der Waals surface area contributed by atoms with Crippen molar-refractivity contribution in [3.8, 4) is 0 Å². The van der Waals surface area contributed by atoms with Crippen molar-refractivity contribution >= 4 is 33.9 Å². The van der Waals surface area contributed by atoms with Crippen LogP contribution in [-0.2, 0) is 26.2 Å². The van der Waals surface area contributed by atoms with Crippen LogP contribution in [0.3, 0.4) is 0 Å². The first-order valence-electron chi connectivity index (χ1n) is 10.3. The van der Waals surface area contributed by atoms with Crippen LogP contribution in [0.1, 0.15) is 33.6 Å². The minimum Gasteiger partial charge on any atom is -0.466 e. The molecule has 3 rings (SSSR count). The van der Waals surface area contributed by atoms with E-state index in [2.05, 4.69) is 10.00 Å². The molecule has 3 heterocycles. The third-order valence-electron chi connectivity index (χ3n) is 5.35. The molecule has 0 bridgehead atoms. The summed E-state index contributed by atoms with van der Waals surface area (Å²) in [7, 11) is -3.58. The zero-order chi connectivity index (χ0) is 21.9. The third kappa shape index (κ3) is 4.58. The molecule has 0 aromatic carbocycles. The Morgan fingerprint density at radius 2 is 2.03 bits per heavy atom. The van der Waals surface area contributed by atoms with Gasteiger partial charge in [0.1, 0.15) is 0 Å². The van der Waals surface area contributed by atoms with Crippen LogP contribution in [0, 0.1) is 10.7 Å². The van der Waals surface area contributed by atoms with Crippen LogP contribution in [0.4, 0.5) is 0 Å². The van der Waals surface area contributed by atoms with E-state index in [9.17, 15) is 13.2 Å². The number of piperidine rings is 1. The van der Waals surface area contributed by atoms with Crippen LogP contribution < -0.4 is 0 Å². The maximum Gasteiger partial charge on any atom is 0.310 e. The number of ether oxygens (including phenoxy) is 1. The molecule has 1 unspecified atom stereocenters. The van der Waals surface area contributed by atoms with Gasteiger partial charge in [-0.15, -0.1) is 0 Å². The summed E-state index contributed by atoms with van der Waals surface area (Å²) in [5.74, 6) is -0.303. The number of hydrogen-bond acceptors (Lipinski definition) is 7. The van der Waals surface area contributed by atoms with E-state index in [1.165, 1.54) is 10.5 Å². The molecule has 0 amide bonds. The molecule has 0 spiro atoms. The number of sulfonamides is 1. The first-order chi connectivity index (χ1) is 14.3. The molecule has 166 valence electrons. The number of likely N-dealkylation sites (tertiary alicyclic amines) is 1. The average Bonchev–Trinajstić information content (AvgIpc) is 3.04. The molecule has 0 radical (unpaired) electrons. The molecule has 2 aromatic heterocycles. The van der Waals surface area contributed by atoms with Crippen LogP contribution in [0.5, 0.6) is 0 Å². The van der Waals surface area contributed by atoms with Gasteiger partial charge in [0.15, 0.2) is 5.65 Å². The summed E-state index contributed by atoms with van der Waals surface area (Å²) in [6.45, 7) is 8.49. The van der Waals surface area contributed by atoms with Crippen molar-refractivity contribution in [2.75, 3.05) is 32.8 Å². The molecule has 9 nitrogen and oxygen atoms in total. The van der Waals surface area contributed by atoms with E-state index >= 15 is 0 Å². The maximum atomic E-state index is 12.8. The molecular weight excluding hydrogens is 426 g/mol. The molecule has 0 N–H and O–H groups in total. The Morgan fingerprint density at radius 1 is 1.30 bits per heavy atom. The van der Waals surface area contributed by atoms with Crippen LogP contribution in [0.25, 0.3) is 5.65 Å². The summed E-state index contributed by atoms with van der Waals surface area (Å²) < 4.78 is 35.9. The van der Waals surface area contributed by atoms with Gasteiger partial charge in [-0.1, -0.05) is 13.8 Å². The molecule has 0 aliphatic carbocycles. The molecule has 1 aliphatic heterocycles. The quantitative estimate of drug-likeness (QED) is 0.445. The van der Waals surface area contributed by atoms with E-state index in [1.807, 2.05) is 20.8 Å². The number of hydrogen-bond donors (Lipinski definition) is 0. The van der Waals surface area contributed by atoms with E-state index in [0.29, 0.717) is 43.3 Å². The predicted molar refractivity (Wildman–Crippen MR) is 115 cm³/mol. The van der Waals surface area contributed by atoms with Gasteiger partial charge in [-0.05, 0) is 50.7 Å². The Labute approximate surface area is 182 Å². The highest BCUT2D eigenvalue weighted by Gasteiger charge is 2.27. The second-order valence-electron chi connectivity index (χ2n) is 7.27. The smallest absolute Gasteiger partial charge is 0.310 e. The number of pyridine rings is 1. The Morgan fingerprint density at radius 3 is 2.70 bits per heavy atom. The van der Waals surface area contributed by atoms with Crippen molar-refractivity contribution in [2.24, 2.45) is 5.92 Å². The summed E-state index contributed by atoms with van der Waals surface area (Å²) in [4.78, 5) is 14.4. The number of carbonyl (C=O) groups excluding carboxylic acids is 1. The summed E-state index contributed by atoms with van der Waals surface area (Å²) >= 11 is 5.56. The molecular formula is C19H29N5O4S2. The lowest BCUT2D eigenvalue weighted by molar-refractivity contribution is -0.150. The molecule has 1 fully saturated rings. The largest absolute Gasteiger partial charge is 0.466 e. The van der Waals surface area contributed by atoms with Crippen molar-refractivity contribution in [1.82, 2.24) is 23.4 Å². The number of nitrogens with zero attached hydrogens (tertiary/aromatic N) is 5. The first kappa shape index (κ1) is 22.9. The van der Waals surface area contributed by atoms with Gasteiger partial charge in [0.25, 0.3) is 0 Å². The van der Waals surface area contributed by atoms with E-state index < -0.39 is 10.0 Å². The van der Waals surface area contributed by atoms with Crippen LogP contribution >= 0.6 is 12.2 Å². The van der Waals surface area contributed by atoms with E-state index in [-0.39, 0.29) is 16.8 Å². The Bertz CT molecular complexity index is 1060. The minimum absolute atomic E-state index is 0.143. The SMILES string of the molecule is CCOC(=O)C1CCCN(Cn2nc3ccc(S(=O)(=O)N(CC)CC)cn3c2=S)C1. The van der Waals surface area contributed by atoms with Crippen molar-refractivity contribution in [3.63, 3.8) is 0 Å². The Hall–Kier alpha value is -1.82. The lowest BCUT2D eigenvalue weighted by Crippen LogP contribution is -2.40. The molecule has 0 saturated carbocycles. The lowest BCUT2D eigenvalue weighted by atomic mass is 9.99. The van der Waals surface area contributed by atoms with Gasteiger partial charge in [0, 0.05) is 25.8 Å². The molecule has 1 saturated heterocycles. The first-order valence-corrected chi connectivity index (χ1v) is 12.1. The zero-order valence-electron chi connectivity index (χ0n) is 17.7. The second-order valence-corrected chi connectivity index (χ2v) is 9.58. The fourth-order valence-corrected chi connectivity index (χ4v) is 5.48. The van der Waals surface area contributed by atoms with Crippen LogP contribution in [-0.4, -0.2) is 70.6 Å². The van der Waals surface area contributed by atoms with Gasteiger partial charge in [-0.2, -0.15) is 9.40 Å². The third-order valence-corrected chi connectivity index (χ3v) is 7.79. The van der Waals surface area contributed by atoms with Crippen molar-refractivity contribution in [1.29, 1.82) is 0 Å². The highest BCUT2D eigenvalue weighted by Crippen LogP contribution is 2.20. The van der Waals surface area contributed by atoms with Gasteiger partial charge in [-0.25, -0.2) is 13.1 Å². The minimum atomic E-state index is -3.58. The topological polar surface area (TPSA) is 89.1 Å². The predicted octanol–water partition coefficient (Wildman–Crippen LogP) is 2.13. The standard InChI is InChI=1S/C19H29N5O4S2/c1-4-22(5-2)30(26,27)16-9-10-17-20-24(19(29)23(17)13-16)14-21-11-7-8-15(12-21)18(25)28-6-3/h9-10,13,15H,4-8,11-12,14H2,1-3H3. The molecule has 2 aromatic rings. The summed E-state index contributed by atoms with van der Waals surface area (Å²) in [6, 6.07) is 3.23. The Balaban J connectivity index is 1.84. The van der Waals surface area contributed by atoms with E-state index in [0.717, 1.165) is 19.4 Å². The van der Waals surface area contributed by atoms with E-state index in [1.54, 1.807) is 21.2 Å². The second kappa shape index (κ2) is 9.54. The average molecular weight is 456 g/mol. The number of esters is 1. The van der Waals surface area contributed by atoms with Gasteiger partial charge in [-0.3, -0.25) is 14.1 Å². The van der Waals surface area contributed by atoms with Crippen LogP contribution in [0.15, 0.2) is 23.2 Å². The maximum absolute atomic E-state index is 12.8. The fourth-order valence-electron chi connectivity index (χ4n) is 3.78. The molecule has 30 heavy (non-hydrogen) atoms. The summed E-state index contributed by atoms with van der Waals surface area (Å²) in [5, 5.41) is 4.53. The highest BCUT2D eigenvalue weighted by molar-refractivity contribution is 7.89. The number of rotatable bonds is 8. The van der Waals surface area contributed by atoms with Crippen molar-refractivity contribution in [3.05, 3.63) is 23.1 Å². The van der Waals surface area contributed by atoms with Gasteiger partial charge in [0.2, 0.25) is 14.8 Å². The van der Waals surface area contributed by atoms with Crippen LogP contribution in [0.2, 0.25) is 0 Å². The molecule has 11 heteroatoms. The van der Waals surface area contributed by atoms with Gasteiger partial charge < -0.3 is 4.74 Å². The highest BCUT2D eigenvalue weighted by atomic mass is 32.2.